The van der Waals surface area contributed by atoms with Crippen LogP contribution >= 0.6 is 11.6 Å². The van der Waals surface area contributed by atoms with Crippen LogP contribution in [0.1, 0.15) is 52.4 Å². The highest BCUT2D eigenvalue weighted by atomic mass is 35.5. The zero-order chi connectivity index (χ0) is 21.1. The number of hydrogen-bond acceptors (Lipinski definition) is 5. The van der Waals surface area contributed by atoms with E-state index in [0.29, 0.717) is 6.42 Å². The van der Waals surface area contributed by atoms with Crippen molar-refractivity contribution in [2.24, 2.45) is 22.7 Å². The van der Waals surface area contributed by atoms with E-state index in [9.17, 15) is 24.9 Å². The summed E-state index contributed by atoms with van der Waals surface area (Å²) < 4.78 is 16.7. The fourth-order valence-electron chi connectivity index (χ4n) is 6.63. The summed E-state index contributed by atoms with van der Waals surface area (Å²) >= 11 is 5.69. The Labute approximate surface area is 170 Å². The van der Waals surface area contributed by atoms with Gasteiger partial charge < -0.3 is 15.3 Å². The molecule has 0 aromatic carbocycles. The molecule has 0 amide bonds. The summed E-state index contributed by atoms with van der Waals surface area (Å²) in [5.74, 6) is -2.72. The standard InChI is InChI=1S/C21H30ClFO5/c1-4-5-8-18(2)14(24)7-6-12-13-9-15(25)21(28,17(27)11-22)19(13,3)10-16(26)20(12,18)23/h4,12-13,15-16,25-26,28H,1,5-11H2,2-3H3/t12-,13-,15+,16-,18-,19-,20-,21-/m0/s1. The molecule has 3 rings (SSSR count). The number of carbonyl (C=O) groups is 2. The first-order valence-corrected chi connectivity index (χ1v) is 10.5. The topological polar surface area (TPSA) is 94.8 Å². The first kappa shape index (κ1) is 21.9. The molecule has 0 heterocycles. The van der Waals surface area contributed by atoms with Crippen molar-refractivity contribution in [1.29, 1.82) is 0 Å². The van der Waals surface area contributed by atoms with Crippen molar-refractivity contribution >= 4 is 23.2 Å². The van der Waals surface area contributed by atoms with Crippen molar-refractivity contribution in [2.45, 2.75) is 75.9 Å². The number of rotatable bonds is 5. The van der Waals surface area contributed by atoms with Gasteiger partial charge in [-0.25, -0.2) is 4.39 Å². The number of halogens is 2. The molecule has 8 atom stereocenters. The van der Waals surface area contributed by atoms with Crippen molar-refractivity contribution in [3.8, 4) is 0 Å². The largest absolute Gasteiger partial charge is 0.390 e. The SMILES string of the molecule is C=CCC[C@@]1(C)C(=O)CC[C@H]2[C@@H]3C[C@@H](O)[C@](O)(C(=O)CCl)[C@@]3(C)C[C@H](O)[C@@]21F. The number of Topliss-reactive ketones (excluding diaryl/α,β-unsaturated/α-hetero) is 2. The van der Waals surface area contributed by atoms with Gasteiger partial charge in [-0.05, 0) is 44.9 Å². The third-order valence-electron chi connectivity index (χ3n) is 8.31. The predicted molar refractivity (Wildman–Crippen MR) is 103 cm³/mol. The highest BCUT2D eigenvalue weighted by molar-refractivity contribution is 6.29. The summed E-state index contributed by atoms with van der Waals surface area (Å²) in [7, 11) is 0. The zero-order valence-corrected chi connectivity index (χ0v) is 17.2. The van der Waals surface area contributed by atoms with Gasteiger partial charge in [0.15, 0.2) is 17.1 Å². The smallest absolute Gasteiger partial charge is 0.182 e. The Morgan fingerprint density at radius 3 is 2.54 bits per heavy atom. The summed E-state index contributed by atoms with van der Waals surface area (Å²) in [4.78, 5) is 25.3. The van der Waals surface area contributed by atoms with Gasteiger partial charge >= 0.3 is 0 Å². The molecule has 5 nitrogen and oxygen atoms in total. The Balaban J connectivity index is 2.11. The molecule has 0 aromatic heterocycles. The van der Waals surface area contributed by atoms with E-state index in [-0.39, 0.29) is 37.9 Å². The van der Waals surface area contributed by atoms with Crippen LogP contribution in [0.25, 0.3) is 0 Å². The van der Waals surface area contributed by atoms with Crippen LogP contribution in [0.3, 0.4) is 0 Å². The second kappa shape index (κ2) is 6.86. The molecule has 0 spiro atoms. The van der Waals surface area contributed by atoms with Crippen molar-refractivity contribution in [1.82, 2.24) is 0 Å². The van der Waals surface area contributed by atoms with Gasteiger partial charge in [0.25, 0.3) is 0 Å². The lowest BCUT2D eigenvalue weighted by atomic mass is 9.45. The molecule has 0 aliphatic heterocycles. The minimum absolute atomic E-state index is 0.0322. The summed E-state index contributed by atoms with van der Waals surface area (Å²) in [5.41, 5.74) is -6.93. The van der Waals surface area contributed by atoms with E-state index in [1.165, 1.54) is 0 Å². The number of fused-ring (bicyclic) bond motifs is 3. The molecular formula is C21H30ClFO5. The Hall–Kier alpha value is -0.820. The molecule has 0 aromatic rings. The van der Waals surface area contributed by atoms with Gasteiger partial charge in [0, 0.05) is 17.8 Å². The van der Waals surface area contributed by atoms with Crippen LogP contribution in [0.5, 0.6) is 0 Å². The monoisotopic (exact) mass is 416 g/mol. The number of ketones is 2. The number of hydrogen-bond donors (Lipinski definition) is 3. The average Bonchev–Trinajstić information content (AvgIpc) is 2.85. The van der Waals surface area contributed by atoms with E-state index < -0.39 is 57.8 Å². The van der Waals surface area contributed by atoms with Gasteiger partial charge in [-0.1, -0.05) is 13.0 Å². The first-order chi connectivity index (χ1) is 12.9. The van der Waals surface area contributed by atoms with E-state index >= 15 is 4.39 Å². The van der Waals surface area contributed by atoms with Gasteiger partial charge in [0.2, 0.25) is 0 Å². The van der Waals surface area contributed by atoms with Crippen molar-refractivity contribution in [3.63, 3.8) is 0 Å². The highest BCUT2D eigenvalue weighted by Gasteiger charge is 2.76. The van der Waals surface area contributed by atoms with E-state index in [1.54, 1.807) is 19.9 Å². The maximum atomic E-state index is 16.7. The van der Waals surface area contributed by atoms with Crippen LogP contribution < -0.4 is 0 Å². The molecule has 28 heavy (non-hydrogen) atoms. The summed E-state index contributed by atoms with van der Waals surface area (Å²) in [6.07, 6.45) is -0.444. The molecule has 3 aliphatic rings. The minimum Gasteiger partial charge on any atom is -0.390 e. The van der Waals surface area contributed by atoms with Crippen molar-refractivity contribution in [3.05, 3.63) is 12.7 Å². The lowest BCUT2D eigenvalue weighted by Crippen LogP contribution is -2.71. The molecule has 3 N–H and O–H groups in total. The second-order valence-electron chi connectivity index (χ2n) is 9.31. The Morgan fingerprint density at radius 1 is 1.32 bits per heavy atom. The fourth-order valence-corrected chi connectivity index (χ4v) is 6.84. The fraction of sp³-hybridized carbons (Fsp3) is 0.810. The predicted octanol–water partition coefficient (Wildman–Crippen LogP) is 2.34. The molecule has 0 bridgehead atoms. The molecule has 158 valence electrons. The van der Waals surface area contributed by atoms with Gasteiger partial charge in [-0.15, -0.1) is 18.2 Å². The molecule has 7 heteroatoms. The van der Waals surface area contributed by atoms with Crippen LogP contribution in [-0.4, -0.2) is 56.2 Å². The average molecular weight is 417 g/mol. The first-order valence-electron chi connectivity index (χ1n) is 9.96. The lowest BCUT2D eigenvalue weighted by molar-refractivity contribution is -0.233. The molecule has 3 fully saturated rings. The number of aliphatic hydroxyl groups is 3. The van der Waals surface area contributed by atoms with Crippen LogP contribution in [-0.2, 0) is 9.59 Å². The van der Waals surface area contributed by atoms with Gasteiger partial charge in [-0.3, -0.25) is 9.59 Å². The Bertz CT molecular complexity index is 700. The normalized spacial score (nSPS) is 50.8. The van der Waals surface area contributed by atoms with Crippen LogP contribution in [0.4, 0.5) is 4.39 Å². The lowest BCUT2D eigenvalue weighted by Gasteiger charge is -2.61. The number of allylic oxidation sites excluding steroid dienone is 1. The third kappa shape index (κ3) is 2.41. The van der Waals surface area contributed by atoms with Crippen LogP contribution in [0.2, 0.25) is 0 Å². The molecule has 3 aliphatic carbocycles. The molecule has 0 saturated heterocycles. The zero-order valence-electron chi connectivity index (χ0n) is 16.5. The maximum Gasteiger partial charge on any atom is 0.182 e. The summed E-state index contributed by atoms with van der Waals surface area (Å²) in [5, 5.41) is 32.8. The van der Waals surface area contributed by atoms with Crippen molar-refractivity contribution < 1.29 is 29.3 Å². The summed E-state index contributed by atoms with van der Waals surface area (Å²) in [6, 6.07) is 0. The summed E-state index contributed by atoms with van der Waals surface area (Å²) in [6.45, 7) is 6.85. The van der Waals surface area contributed by atoms with Crippen molar-refractivity contribution in [2.75, 3.05) is 5.88 Å². The van der Waals surface area contributed by atoms with E-state index in [4.69, 9.17) is 11.6 Å². The van der Waals surface area contributed by atoms with Crippen LogP contribution in [0.15, 0.2) is 12.7 Å². The Kier molecular flexibility index (Phi) is 5.36. The number of carbonyl (C=O) groups excluding carboxylic acids is 2. The van der Waals surface area contributed by atoms with Crippen LogP contribution in [0, 0.1) is 22.7 Å². The Morgan fingerprint density at radius 2 is 1.96 bits per heavy atom. The number of aliphatic hydroxyl groups excluding tert-OH is 2. The molecule has 3 saturated carbocycles. The highest BCUT2D eigenvalue weighted by Crippen LogP contribution is 2.68. The van der Waals surface area contributed by atoms with E-state index in [0.717, 1.165) is 0 Å². The second-order valence-corrected chi connectivity index (χ2v) is 9.58. The van der Waals surface area contributed by atoms with Gasteiger partial charge in [-0.2, -0.15) is 0 Å². The quantitative estimate of drug-likeness (QED) is 0.472. The van der Waals surface area contributed by atoms with Gasteiger partial charge in [0.05, 0.1) is 23.5 Å². The minimum atomic E-state index is -2.19. The van der Waals surface area contributed by atoms with E-state index in [1.807, 2.05) is 0 Å². The maximum absolute atomic E-state index is 16.7. The molecule has 0 unspecified atom stereocenters. The van der Waals surface area contributed by atoms with E-state index in [2.05, 4.69) is 6.58 Å². The third-order valence-corrected chi connectivity index (χ3v) is 8.56. The number of alkyl halides is 2. The van der Waals surface area contributed by atoms with Gasteiger partial charge in [0.1, 0.15) is 5.78 Å². The molecule has 0 radical (unpaired) electrons. The molecular weight excluding hydrogens is 387 g/mol.